The minimum Gasteiger partial charge on any atom is -0.332 e. The summed E-state index contributed by atoms with van der Waals surface area (Å²) in [6, 6.07) is 17.4. The molecule has 0 aliphatic carbocycles. The maximum atomic E-state index is 8.99. The molecule has 2 N–H and O–H groups in total. The number of hydrogen-bond acceptors (Lipinski definition) is 2. The van der Waals surface area contributed by atoms with Crippen LogP contribution in [0.25, 0.3) is 0 Å². The fraction of sp³-hybridized carbons (Fsp3) is 0.0667. The standard InChI is InChI=1S/C15H13N3S/c1-11-7-8-14(9-12(11)10-16)18-15(19)17-13-5-3-2-4-6-13/h2-9H,1H3,(H2,17,18,19). The van der Waals surface area contributed by atoms with Crippen molar-refractivity contribution >= 4 is 28.7 Å². The number of benzene rings is 2. The molecule has 0 radical (unpaired) electrons. The zero-order valence-corrected chi connectivity index (χ0v) is 11.3. The van der Waals surface area contributed by atoms with Crippen molar-refractivity contribution in [2.24, 2.45) is 0 Å². The van der Waals surface area contributed by atoms with Gasteiger partial charge in [-0.3, -0.25) is 0 Å². The van der Waals surface area contributed by atoms with Gasteiger partial charge in [-0.05, 0) is 49.0 Å². The van der Waals surface area contributed by atoms with E-state index in [0.29, 0.717) is 10.7 Å². The van der Waals surface area contributed by atoms with Crippen LogP contribution in [0.1, 0.15) is 11.1 Å². The van der Waals surface area contributed by atoms with Gasteiger partial charge in [0.25, 0.3) is 0 Å². The van der Waals surface area contributed by atoms with Crippen LogP contribution >= 0.6 is 12.2 Å². The molecule has 3 nitrogen and oxygen atoms in total. The summed E-state index contributed by atoms with van der Waals surface area (Å²) in [5.41, 5.74) is 3.32. The summed E-state index contributed by atoms with van der Waals surface area (Å²) in [5, 5.41) is 15.6. The third kappa shape index (κ3) is 3.54. The summed E-state index contributed by atoms with van der Waals surface area (Å²) < 4.78 is 0. The Labute approximate surface area is 117 Å². The zero-order chi connectivity index (χ0) is 13.7. The summed E-state index contributed by atoms with van der Waals surface area (Å²) in [6.45, 7) is 1.91. The van der Waals surface area contributed by atoms with Crippen molar-refractivity contribution in [2.45, 2.75) is 6.92 Å². The molecule has 0 heterocycles. The minimum atomic E-state index is 0.499. The van der Waals surface area contributed by atoms with Crippen LogP contribution in [0.2, 0.25) is 0 Å². The molecule has 0 aliphatic heterocycles. The molecule has 0 amide bonds. The Morgan fingerprint density at radius 1 is 1.05 bits per heavy atom. The summed E-state index contributed by atoms with van der Waals surface area (Å²) in [7, 11) is 0. The van der Waals surface area contributed by atoms with Gasteiger partial charge in [-0.1, -0.05) is 24.3 Å². The molecule has 2 aromatic carbocycles. The lowest BCUT2D eigenvalue weighted by molar-refractivity contribution is 1.39. The van der Waals surface area contributed by atoms with Gasteiger partial charge in [0, 0.05) is 11.4 Å². The van der Waals surface area contributed by atoms with Crippen molar-refractivity contribution in [3.05, 3.63) is 59.7 Å². The Balaban J connectivity index is 2.06. The summed E-state index contributed by atoms with van der Waals surface area (Å²) in [5.74, 6) is 0. The van der Waals surface area contributed by atoms with Gasteiger partial charge in [0.05, 0.1) is 11.6 Å². The predicted octanol–water partition coefficient (Wildman–Crippen LogP) is 3.68. The molecule has 0 saturated heterocycles. The van der Waals surface area contributed by atoms with E-state index in [4.69, 9.17) is 17.5 Å². The van der Waals surface area contributed by atoms with Crippen molar-refractivity contribution in [3.63, 3.8) is 0 Å². The number of nitriles is 1. The van der Waals surface area contributed by atoms with E-state index in [1.54, 1.807) is 6.07 Å². The van der Waals surface area contributed by atoms with Crippen LogP contribution in [0.5, 0.6) is 0 Å². The fourth-order valence-corrected chi connectivity index (χ4v) is 1.87. The van der Waals surface area contributed by atoms with Crippen LogP contribution in [0.4, 0.5) is 11.4 Å². The average Bonchev–Trinajstić information content (AvgIpc) is 2.42. The van der Waals surface area contributed by atoms with Gasteiger partial charge in [0.1, 0.15) is 0 Å². The van der Waals surface area contributed by atoms with Crippen LogP contribution < -0.4 is 10.6 Å². The third-order valence-electron chi connectivity index (χ3n) is 2.65. The first-order chi connectivity index (χ1) is 9.19. The second-order valence-corrected chi connectivity index (χ2v) is 4.49. The molecule has 0 bridgehead atoms. The topological polar surface area (TPSA) is 47.8 Å². The van der Waals surface area contributed by atoms with E-state index < -0.39 is 0 Å². The number of nitrogens with one attached hydrogen (secondary N) is 2. The highest BCUT2D eigenvalue weighted by Crippen LogP contribution is 2.15. The van der Waals surface area contributed by atoms with E-state index in [1.165, 1.54) is 0 Å². The monoisotopic (exact) mass is 267 g/mol. The summed E-state index contributed by atoms with van der Waals surface area (Å²) in [4.78, 5) is 0. The van der Waals surface area contributed by atoms with Crippen molar-refractivity contribution < 1.29 is 0 Å². The molecule has 0 aliphatic rings. The summed E-state index contributed by atoms with van der Waals surface area (Å²) >= 11 is 5.23. The van der Waals surface area contributed by atoms with E-state index in [0.717, 1.165) is 16.9 Å². The number of para-hydroxylation sites is 1. The Morgan fingerprint density at radius 2 is 1.74 bits per heavy atom. The molecule has 0 fully saturated rings. The normalized spacial score (nSPS) is 9.47. The molecule has 2 rings (SSSR count). The van der Waals surface area contributed by atoms with Gasteiger partial charge >= 0.3 is 0 Å². The van der Waals surface area contributed by atoms with Gasteiger partial charge < -0.3 is 10.6 Å². The second-order valence-electron chi connectivity index (χ2n) is 4.09. The molecule has 19 heavy (non-hydrogen) atoms. The highest BCUT2D eigenvalue weighted by atomic mass is 32.1. The third-order valence-corrected chi connectivity index (χ3v) is 2.85. The van der Waals surface area contributed by atoms with Gasteiger partial charge in [-0.25, -0.2) is 0 Å². The smallest absolute Gasteiger partial charge is 0.175 e. The summed E-state index contributed by atoms with van der Waals surface area (Å²) in [6.07, 6.45) is 0. The molecule has 0 unspecified atom stereocenters. The van der Waals surface area contributed by atoms with Crippen LogP contribution in [-0.4, -0.2) is 5.11 Å². The maximum Gasteiger partial charge on any atom is 0.175 e. The van der Waals surface area contributed by atoms with E-state index in [-0.39, 0.29) is 0 Å². The number of nitrogens with zero attached hydrogens (tertiary/aromatic N) is 1. The first-order valence-electron chi connectivity index (χ1n) is 5.83. The van der Waals surface area contributed by atoms with Crippen molar-refractivity contribution in [1.82, 2.24) is 0 Å². The van der Waals surface area contributed by atoms with Crippen molar-refractivity contribution in [3.8, 4) is 6.07 Å². The van der Waals surface area contributed by atoms with Gasteiger partial charge in [-0.2, -0.15) is 5.26 Å². The molecule has 0 aromatic heterocycles. The van der Waals surface area contributed by atoms with Crippen LogP contribution in [0.15, 0.2) is 48.5 Å². The molecule has 2 aromatic rings. The molecule has 94 valence electrons. The molecule has 0 spiro atoms. The number of hydrogen-bond donors (Lipinski definition) is 2. The van der Waals surface area contributed by atoms with Gasteiger partial charge in [0.15, 0.2) is 5.11 Å². The van der Waals surface area contributed by atoms with Crippen molar-refractivity contribution in [1.29, 1.82) is 5.26 Å². The lowest BCUT2D eigenvalue weighted by Crippen LogP contribution is -2.19. The molecular formula is C15H13N3S. The lowest BCUT2D eigenvalue weighted by Gasteiger charge is -2.11. The van der Waals surface area contributed by atoms with Gasteiger partial charge in [-0.15, -0.1) is 0 Å². The van der Waals surface area contributed by atoms with Crippen molar-refractivity contribution in [2.75, 3.05) is 10.6 Å². The fourth-order valence-electron chi connectivity index (χ4n) is 1.64. The first-order valence-corrected chi connectivity index (χ1v) is 6.23. The largest absolute Gasteiger partial charge is 0.332 e. The van der Waals surface area contributed by atoms with Crippen LogP contribution in [-0.2, 0) is 0 Å². The van der Waals surface area contributed by atoms with E-state index >= 15 is 0 Å². The molecule has 0 saturated carbocycles. The van der Waals surface area contributed by atoms with Crippen LogP contribution in [0.3, 0.4) is 0 Å². The maximum absolute atomic E-state index is 8.99. The Hall–Kier alpha value is -2.38. The van der Waals surface area contributed by atoms with E-state index in [9.17, 15) is 0 Å². The van der Waals surface area contributed by atoms with Gasteiger partial charge in [0.2, 0.25) is 0 Å². The second kappa shape index (κ2) is 5.98. The Kier molecular flexibility index (Phi) is 4.11. The van der Waals surface area contributed by atoms with E-state index in [2.05, 4.69) is 16.7 Å². The Morgan fingerprint density at radius 3 is 2.42 bits per heavy atom. The number of anilines is 2. The minimum absolute atomic E-state index is 0.499. The lowest BCUT2D eigenvalue weighted by atomic mass is 10.1. The average molecular weight is 267 g/mol. The number of rotatable bonds is 2. The van der Waals surface area contributed by atoms with Crippen LogP contribution in [0, 0.1) is 18.3 Å². The zero-order valence-electron chi connectivity index (χ0n) is 10.5. The molecule has 0 atom stereocenters. The Bertz CT molecular complexity index is 630. The van der Waals surface area contributed by atoms with E-state index in [1.807, 2.05) is 49.4 Å². The SMILES string of the molecule is Cc1ccc(NC(=S)Nc2ccccc2)cc1C#N. The highest BCUT2D eigenvalue weighted by molar-refractivity contribution is 7.80. The quantitative estimate of drug-likeness (QED) is 0.815. The number of thiocarbonyl (C=S) groups is 1. The highest BCUT2D eigenvalue weighted by Gasteiger charge is 2.02. The first kappa shape index (κ1) is 13.1. The molecule has 4 heteroatoms. The number of aryl methyl sites for hydroxylation is 1. The molecular weight excluding hydrogens is 254 g/mol. The predicted molar refractivity (Wildman–Crippen MR) is 82.2 cm³/mol.